The van der Waals surface area contributed by atoms with Crippen LogP contribution in [0.4, 0.5) is 0 Å². The number of hydrogen-bond acceptors (Lipinski definition) is 5. The van der Waals surface area contributed by atoms with E-state index in [9.17, 15) is 4.79 Å². The molecule has 28 heavy (non-hydrogen) atoms. The third kappa shape index (κ3) is 3.16. The largest absolute Gasteiger partial charge is 0.357 e. The van der Waals surface area contributed by atoms with Gasteiger partial charge in [-0.2, -0.15) is 16.3 Å². The minimum absolute atomic E-state index is 0.116. The number of nitrogens with zero attached hydrogens (tertiary/aromatic N) is 3. The highest BCUT2D eigenvalue weighted by atomic mass is 79.9. The van der Waals surface area contributed by atoms with E-state index >= 15 is 0 Å². The minimum atomic E-state index is 0.116. The molecule has 0 aliphatic carbocycles. The van der Waals surface area contributed by atoms with Gasteiger partial charge in [-0.05, 0) is 33.4 Å². The SMILES string of the molecule is O=C(CCc1nc(-c2ccsc2)no1)N1CCc2[nH]c3c(Br)cccc3c2C1. The van der Waals surface area contributed by atoms with Crippen molar-refractivity contribution in [1.82, 2.24) is 20.0 Å². The van der Waals surface area contributed by atoms with Crippen LogP contribution in [-0.2, 0) is 24.2 Å². The summed E-state index contributed by atoms with van der Waals surface area (Å²) in [5, 5.41) is 9.13. The lowest BCUT2D eigenvalue weighted by molar-refractivity contribution is -0.132. The van der Waals surface area contributed by atoms with Crippen LogP contribution in [0.25, 0.3) is 22.3 Å². The molecular weight excluding hydrogens is 440 g/mol. The topological polar surface area (TPSA) is 75.0 Å². The van der Waals surface area contributed by atoms with Gasteiger partial charge in [0.2, 0.25) is 17.6 Å². The quantitative estimate of drug-likeness (QED) is 0.488. The van der Waals surface area contributed by atoms with Gasteiger partial charge in [0.05, 0.1) is 5.52 Å². The second-order valence-electron chi connectivity index (χ2n) is 6.83. The van der Waals surface area contributed by atoms with E-state index in [0.29, 0.717) is 31.1 Å². The number of aromatic amines is 1. The molecule has 1 N–H and O–H groups in total. The van der Waals surface area contributed by atoms with E-state index in [4.69, 9.17) is 4.52 Å². The Labute approximate surface area is 173 Å². The van der Waals surface area contributed by atoms with E-state index in [-0.39, 0.29) is 5.91 Å². The highest BCUT2D eigenvalue weighted by molar-refractivity contribution is 9.10. The van der Waals surface area contributed by atoms with Gasteiger partial charge in [-0.1, -0.05) is 17.3 Å². The third-order valence-corrected chi connectivity index (χ3v) is 6.46. The molecule has 1 aromatic carbocycles. The number of para-hydroxylation sites is 1. The summed E-state index contributed by atoms with van der Waals surface area (Å²) in [6.07, 6.45) is 1.66. The van der Waals surface area contributed by atoms with E-state index in [1.54, 1.807) is 11.3 Å². The summed E-state index contributed by atoms with van der Waals surface area (Å²) in [6, 6.07) is 8.12. The van der Waals surface area contributed by atoms with Crippen LogP contribution in [0.5, 0.6) is 0 Å². The summed E-state index contributed by atoms with van der Waals surface area (Å²) < 4.78 is 6.35. The molecule has 142 valence electrons. The monoisotopic (exact) mass is 456 g/mol. The van der Waals surface area contributed by atoms with Crippen LogP contribution in [0.3, 0.4) is 0 Å². The summed E-state index contributed by atoms with van der Waals surface area (Å²) in [4.78, 5) is 22.6. The molecular formula is C20H17BrN4O2S. The lowest BCUT2D eigenvalue weighted by Crippen LogP contribution is -2.35. The molecule has 0 saturated carbocycles. The molecule has 0 atom stereocenters. The van der Waals surface area contributed by atoms with Crippen molar-refractivity contribution in [2.45, 2.75) is 25.8 Å². The van der Waals surface area contributed by atoms with Crippen molar-refractivity contribution in [2.24, 2.45) is 0 Å². The highest BCUT2D eigenvalue weighted by Gasteiger charge is 2.24. The van der Waals surface area contributed by atoms with Gasteiger partial charge in [0.15, 0.2) is 0 Å². The number of benzene rings is 1. The van der Waals surface area contributed by atoms with Gasteiger partial charge >= 0.3 is 0 Å². The van der Waals surface area contributed by atoms with Crippen molar-refractivity contribution in [2.75, 3.05) is 6.54 Å². The molecule has 8 heteroatoms. The van der Waals surface area contributed by atoms with Crippen LogP contribution in [0.15, 0.2) is 44.0 Å². The molecule has 4 aromatic rings. The maximum Gasteiger partial charge on any atom is 0.227 e. The van der Waals surface area contributed by atoms with Gasteiger partial charge in [0.1, 0.15) is 0 Å². The standard InChI is InChI=1S/C20H17BrN4O2S/c21-15-3-1-2-13-14-10-25(8-6-16(14)22-19(13)15)18(26)5-4-17-23-20(24-27-17)12-7-9-28-11-12/h1-3,7,9,11,22H,4-6,8,10H2. The minimum Gasteiger partial charge on any atom is -0.357 e. The average molecular weight is 457 g/mol. The number of amides is 1. The lowest BCUT2D eigenvalue weighted by Gasteiger charge is -2.27. The Bertz CT molecular complexity index is 1150. The number of fused-ring (bicyclic) bond motifs is 3. The zero-order valence-electron chi connectivity index (χ0n) is 14.9. The molecule has 5 rings (SSSR count). The first kappa shape index (κ1) is 17.6. The fourth-order valence-electron chi connectivity index (χ4n) is 3.65. The zero-order valence-corrected chi connectivity index (χ0v) is 17.3. The number of halogens is 1. The van der Waals surface area contributed by atoms with E-state index in [0.717, 1.165) is 28.5 Å². The Balaban J connectivity index is 1.27. The number of hydrogen-bond donors (Lipinski definition) is 1. The van der Waals surface area contributed by atoms with Crippen LogP contribution in [0.2, 0.25) is 0 Å². The fourth-order valence-corrected chi connectivity index (χ4v) is 4.75. The zero-order chi connectivity index (χ0) is 19.1. The molecule has 3 aromatic heterocycles. The maximum absolute atomic E-state index is 12.8. The normalized spacial score (nSPS) is 13.8. The van der Waals surface area contributed by atoms with Crippen molar-refractivity contribution in [3.8, 4) is 11.4 Å². The van der Waals surface area contributed by atoms with E-state index in [2.05, 4.69) is 37.1 Å². The van der Waals surface area contributed by atoms with E-state index < -0.39 is 0 Å². The van der Waals surface area contributed by atoms with Crippen LogP contribution >= 0.6 is 27.3 Å². The first-order valence-electron chi connectivity index (χ1n) is 9.10. The molecule has 0 saturated heterocycles. The highest BCUT2D eigenvalue weighted by Crippen LogP contribution is 2.32. The summed E-state index contributed by atoms with van der Waals surface area (Å²) in [5.41, 5.74) is 4.49. The number of H-pyrrole nitrogens is 1. The van der Waals surface area contributed by atoms with Gasteiger partial charge in [-0.25, -0.2) is 0 Å². The number of carbonyl (C=O) groups excluding carboxylic acids is 1. The van der Waals surface area contributed by atoms with Crippen molar-refractivity contribution >= 4 is 44.1 Å². The summed E-state index contributed by atoms with van der Waals surface area (Å²) in [6.45, 7) is 1.36. The Morgan fingerprint density at radius 1 is 1.36 bits per heavy atom. The van der Waals surface area contributed by atoms with Crippen molar-refractivity contribution in [1.29, 1.82) is 0 Å². The van der Waals surface area contributed by atoms with E-state index in [1.165, 1.54) is 16.6 Å². The van der Waals surface area contributed by atoms with Gasteiger partial charge in [-0.15, -0.1) is 0 Å². The molecule has 0 spiro atoms. The number of thiophene rings is 1. The molecule has 0 radical (unpaired) electrons. The number of nitrogens with one attached hydrogen (secondary N) is 1. The average Bonchev–Trinajstić information content (AvgIpc) is 3.45. The molecule has 0 bridgehead atoms. The second-order valence-corrected chi connectivity index (χ2v) is 8.47. The fraction of sp³-hybridized carbons (Fsp3) is 0.250. The second kappa shape index (κ2) is 7.18. The Hall–Kier alpha value is -2.45. The molecule has 6 nitrogen and oxygen atoms in total. The van der Waals surface area contributed by atoms with Crippen LogP contribution in [0, 0.1) is 0 Å². The number of aromatic nitrogens is 3. The van der Waals surface area contributed by atoms with Gasteiger partial charge in [-0.3, -0.25) is 4.79 Å². The number of rotatable bonds is 4. The predicted molar refractivity (Wildman–Crippen MR) is 111 cm³/mol. The predicted octanol–water partition coefficient (Wildman–Crippen LogP) is 4.56. The van der Waals surface area contributed by atoms with Crippen LogP contribution in [0.1, 0.15) is 23.6 Å². The van der Waals surface area contributed by atoms with Crippen molar-refractivity contribution in [3.63, 3.8) is 0 Å². The molecule has 0 unspecified atom stereocenters. The Kier molecular flexibility index (Phi) is 4.52. The summed E-state index contributed by atoms with van der Waals surface area (Å²) in [5.74, 6) is 1.20. The molecule has 1 aliphatic heterocycles. The number of carbonyl (C=O) groups is 1. The van der Waals surface area contributed by atoms with Crippen molar-refractivity contribution < 1.29 is 9.32 Å². The van der Waals surface area contributed by atoms with Gasteiger partial charge < -0.3 is 14.4 Å². The van der Waals surface area contributed by atoms with Crippen LogP contribution in [-0.4, -0.2) is 32.5 Å². The number of aryl methyl sites for hydroxylation is 1. The third-order valence-electron chi connectivity index (χ3n) is 5.11. The van der Waals surface area contributed by atoms with Crippen molar-refractivity contribution in [3.05, 3.63) is 56.6 Å². The van der Waals surface area contributed by atoms with E-state index in [1.807, 2.05) is 33.9 Å². The summed E-state index contributed by atoms with van der Waals surface area (Å²) >= 11 is 5.19. The van der Waals surface area contributed by atoms with Gasteiger partial charge in [0.25, 0.3) is 0 Å². The van der Waals surface area contributed by atoms with Gasteiger partial charge in [0, 0.05) is 64.4 Å². The molecule has 0 fully saturated rings. The lowest BCUT2D eigenvalue weighted by atomic mass is 10.0. The Morgan fingerprint density at radius 2 is 2.29 bits per heavy atom. The molecule has 4 heterocycles. The maximum atomic E-state index is 12.8. The molecule has 1 aliphatic rings. The molecule has 1 amide bonds. The Morgan fingerprint density at radius 3 is 3.14 bits per heavy atom. The first-order valence-corrected chi connectivity index (χ1v) is 10.8. The smallest absolute Gasteiger partial charge is 0.227 e. The first-order chi connectivity index (χ1) is 13.7. The summed E-state index contributed by atoms with van der Waals surface area (Å²) in [7, 11) is 0. The van der Waals surface area contributed by atoms with Crippen LogP contribution < -0.4 is 0 Å².